The molecule has 7 rings (SSSR count). The molecule has 266 valence electrons. The van der Waals surface area contributed by atoms with Crippen molar-refractivity contribution in [3.8, 4) is 5.00 Å². The summed E-state index contributed by atoms with van der Waals surface area (Å²) in [4.78, 5) is 48.1. The SMILES string of the molecule is Cc1sc2c(c1C)C(c1ccc(Cl)cc1)=N[C@@H](CC(=O)NCCN1CCN(Cc3ccc(C4CCC(=O)NC4=O)c(F)c3)CC1)c1nnc(C)n1-2. The lowest BCUT2D eigenvalue weighted by Gasteiger charge is -2.34. The van der Waals surface area contributed by atoms with Crippen LogP contribution >= 0.6 is 22.9 Å². The van der Waals surface area contributed by atoms with Crippen LogP contribution in [0.25, 0.3) is 5.00 Å². The summed E-state index contributed by atoms with van der Waals surface area (Å²) < 4.78 is 17.1. The first-order valence-corrected chi connectivity index (χ1v) is 18.4. The van der Waals surface area contributed by atoms with E-state index < -0.39 is 23.7 Å². The Morgan fingerprint density at radius 3 is 2.51 bits per heavy atom. The number of rotatable bonds is 9. The van der Waals surface area contributed by atoms with E-state index in [-0.39, 0.29) is 24.7 Å². The lowest BCUT2D eigenvalue weighted by atomic mass is 9.89. The highest BCUT2D eigenvalue weighted by atomic mass is 35.5. The molecule has 4 aromatic rings. The molecule has 0 spiro atoms. The number of nitrogens with zero attached hydrogens (tertiary/aromatic N) is 6. The number of imide groups is 1. The fourth-order valence-corrected chi connectivity index (χ4v) is 8.44. The second-order valence-corrected chi connectivity index (χ2v) is 15.1. The third kappa shape index (κ3) is 7.39. The molecular formula is C37H40ClFN8O3S. The molecule has 14 heteroatoms. The van der Waals surface area contributed by atoms with Crippen LogP contribution in [-0.2, 0) is 20.9 Å². The predicted octanol–water partition coefficient (Wildman–Crippen LogP) is 4.78. The number of carbonyl (C=O) groups excluding carboxylic acids is 3. The van der Waals surface area contributed by atoms with Crippen LogP contribution in [0, 0.1) is 26.6 Å². The molecular weight excluding hydrogens is 691 g/mol. The van der Waals surface area contributed by atoms with Gasteiger partial charge in [-0.3, -0.25) is 39.1 Å². The summed E-state index contributed by atoms with van der Waals surface area (Å²) in [6.45, 7) is 11.2. The summed E-state index contributed by atoms with van der Waals surface area (Å²) >= 11 is 7.91. The van der Waals surface area contributed by atoms with Gasteiger partial charge in [0.2, 0.25) is 17.7 Å². The number of amides is 3. The quantitative estimate of drug-likeness (QED) is 0.238. The molecule has 3 aliphatic heterocycles. The Morgan fingerprint density at radius 2 is 1.78 bits per heavy atom. The van der Waals surface area contributed by atoms with Crippen molar-refractivity contribution in [1.29, 1.82) is 0 Å². The molecule has 2 saturated heterocycles. The van der Waals surface area contributed by atoms with Crippen molar-refractivity contribution < 1.29 is 18.8 Å². The maximum atomic E-state index is 15.0. The van der Waals surface area contributed by atoms with Gasteiger partial charge in [-0.25, -0.2) is 4.39 Å². The van der Waals surface area contributed by atoms with E-state index >= 15 is 4.39 Å². The summed E-state index contributed by atoms with van der Waals surface area (Å²) in [6, 6.07) is 12.2. The minimum Gasteiger partial charge on any atom is -0.355 e. The van der Waals surface area contributed by atoms with E-state index in [4.69, 9.17) is 16.6 Å². The van der Waals surface area contributed by atoms with Crippen LogP contribution < -0.4 is 10.6 Å². The van der Waals surface area contributed by atoms with E-state index in [1.54, 1.807) is 17.4 Å². The Labute approximate surface area is 304 Å². The van der Waals surface area contributed by atoms with Crippen LogP contribution in [0.1, 0.15) is 75.6 Å². The number of fused-ring (bicyclic) bond motifs is 3. The maximum Gasteiger partial charge on any atom is 0.234 e. The van der Waals surface area contributed by atoms with Crippen molar-refractivity contribution in [2.75, 3.05) is 39.3 Å². The number of nitrogens with one attached hydrogen (secondary N) is 2. The third-order valence-corrected chi connectivity index (χ3v) is 11.5. The highest BCUT2D eigenvalue weighted by Crippen LogP contribution is 2.39. The van der Waals surface area contributed by atoms with Crippen molar-refractivity contribution >= 4 is 46.4 Å². The summed E-state index contributed by atoms with van der Waals surface area (Å²) in [7, 11) is 0. The lowest BCUT2D eigenvalue weighted by molar-refractivity contribution is -0.134. The molecule has 2 atom stereocenters. The molecule has 11 nitrogen and oxygen atoms in total. The number of thiophene rings is 1. The monoisotopic (exact) mass is 730 g/mol. The second kappa shape index (κ2) is 14.7. The first-order valence-electron chi connectivity index (χ1n) is 17.3. The number of hydrogen-bond acceptors (Lipinski definition) is 9. The number of benzene rings is 2. The predicted molar refractivity (Wildman–Crippen MR) is 194 cm³/mol. The van der Waals surface area contributed by atoms with Crippen LogP contribution in [0.3, 0.4) is 0 Å². The van der Waals surface area contributed by atoms with Crippen molar-refractivity contribution in [3.05, 3.63) is 97.6 Å². The molecule has 2 aromatic heterocycles. The molecule has 3 amide bonds. The number of halogens is 2. The molecule has 1 unspecified atom stereocenters. The lowest BCUT2D eigenvalue weighted by Crippen LogP contribution is -2.48. The summed E-state index contributed by atoms with van der Waals surface area (Å²) in [5, 5.41) is 15.9. The highest BCUT2D eigenvalue weighted by molar-refractivity contribution is 7.15. The molecule has 51 heavy (non-hydrogen) atoms. The fourth-order valence-electron chi connectivity index (χ4n) is 7.10. The van der Waals surface area contributed by atoms with E-state index in [0.29, 0.717) is 42.5 Å². The van der Waals surface area contributed by atoms with Gasteiger partial charge in [0.25, 0.3) is 0 Å². The first-order chi connectivity index (χ1) is 24.5. The smallest absolute Gasteiger partial charge is 0.234 e. The van der Waals surface area contributed by atoms with Gasteiger partial charge in [0.05, 0.1) is 18.1 Å². The van der Waals surface area contributed by atoms with E-state index in [9.17, 15) is 14.4 Å². The molecule has 0 radical (unpaired) electrons. The van der Waals surface area contributed by atoms with E-state index in [1.165, 1.54) is 10.9 Å². The third-order valence-electron chi connectivity index (χ3n) is 10.0. The van der Waals surface area contributed by atoms with E-state index in [0.717, 1.165) is 65.0 Å². The Morgan fingerprint density at radius 1 is 1.04 bits per heavy atom. The minimum atomic E-state index is -0.639. The number of aryl methyl sites for hydroxylation is 2. The van der Waals surface area contributed by atoms with Gasteiger partial charge in [-0.1, -0.05) is 35.9 Å². The van der Waals surface area contributed by atoms with Gasteiger partial charge < -0.3 is 5.32 Å². The van der Waals surface area contributed by atoms with Crippen LogP contribution in [0.4, 0.5) is 4.39 Å². The molecule has 0 bridgehead atoms. The highest BCUT2D eigenvalue weighted by Gasteiger charge is 2.33. The van der Waals surface area contributed by atoms with Gasteiger partial charge in [0, 0.05) is 78.8 Å². The Bertz CT molecular complexity index is 2020. The number of piperazine rings is 1. The first kappa shape index (κ1) is 35.1. The van der Waals surface area contributed by atoms with Crippen molar-refractivity contribution in [2.45, 2.75) is 58.5 Å². The summed E-state index contributed by atoms with van der Waals surface area (Å²) in [5.41, 5.74) is 5.09. The van der Waals surface area contributed by atoms with Crippen LogP contribution in [0.2, 0.25) is 5.02 Å². The van der Waals surface area contributed by atoms with Crippen molar-refractivity contribution in [1.82, 2.24) is 35.2 Å². The Hall–Kier alpha value is -4.30. The van der Waals surface area contributed by atoms with Gasteiger partial charge in [-0.05, 0) is 56.5 Å². The van der Waals surface area contributed by atoms with Gasteiger partial charge in [-0.2, -0.15) is 0 Å². The summed E-state index contributed by atoms with van der Waals surface area (Å²) in [5.74, 6) is -0.509. The van der Waals surface area contributed by atoms with E-state index in [2.05, 4.69) is 44.5 Å². The molecule has 2 N–H and O–H groups in total. The van der Waals surface area contributed by atoms with Crippen LogP contribution in [0.15, 0.2) is 47.5 Å². The second-order valence-electron chi connectivity index (χ2n) is 13.4. The topological polar surface area (TPSA) is 125 Å². The van der Waals surface area contributed by atoms with Gasteiger partial charge in [-0.15, -0.1) is 21.5 Å². The fraction of sp³-hybridized carbons (Fsp3) is 0.405. The molecule has 0 aliphatic carbocycles. The van der Waals surface area contributed by atoms with Crippen molar-refractivity contribution in [3.63, 3.8) is 0 Å². The zero-order valence-corrected chi connectivity index (χ0v) is 30.4. The number of piperidine rings is 1. The number of aliphatic imine (C=N–C) groups is 1. The minimum absolute atomic E-state index is 0.106. The molecule has 2 aromatic carbocycles. The zero-order chi connectivity index (χ0) is 35.8. The number of hydrogen-bond donors (Lipinski definition) is 2. The van der Waals surface area contributed by atoms with Gasteiger partial charge in [0.15, 0.2) is 5.82 Å². The number of aromatic nitrogens is 3. The van der Waals surface area contributed by atoms with Gasteiger partial charge >= 0.3 is 0 Å². The average molecular weight is 731 g/mol. The Balaban J connectivity index is 0.944. The van der Waals surface area contributed by atoms with E-state index in [1.807, 2.05) is 41.8 Å². The average Bonchev–Trinajstić information content (AvgIpc) is 3.58. The van der Waals surface area contributed by atoms with Crippen LogP contribution in [-0.4, -0.2) is 87.3 Å². The van der Waals surface area contributed by atoms with Crippen LogP contribution in [0.5, 0.6) is 0 Å². The molecule has 2 fully saturated rings. The maximum absolute atomic E-state index is 15.0. The molecule has 5 heterocycles. The Kier molecular flexibility index (Phi) is 10.2. The van der Waals surface area contributed by atoms with Gasteiger partial charge in [0.1, 0.15) is 22.7 Å². The zero-order valence-electron chi connectivity index (χ0n) is 28.8. The summed E-state index contributed by atoms with van der Waals surface area (Å²) in [6.07, 6.45) is 0.669. The number of carbonyl (C=O) groups is 3. The molecule has 3 aliphatic rings. The standard InChI is InChI=1S/C37H40ClFN8O3S/c1-21-22(2)51-37-33(21)34(25-5-7-26(38)8-6-25)41-30(35-44-43-23(3)47(35)37)19-32(49)40-12-13-45-14-16-46(17-15-45)20-24-4-9-27(29(39)18-24)28-10-11-31(48)42-36(28)50/h4-9,18,28,30H,10-17,19-20H2,1-3H3,(H,40,49)(H,42,48,50)/t28?,30-/m0/s1. The molecule has 0 saturated carbocycles. The normalized spacial score (nSPS) is 19.6. The largest absolute Gasteiger partial charge is 0.355 e. The van der Waals surface area contributed by atoms with Crippen molar-refractivity contribution in [2.24, 2.45) is 4.99 Å².